The molecule has 1 spiro atoms. The number of halogens is 1. The van der Waals surface area contributed by atoms with Crippen molar-refractivity contribution in [3.05, 3.63) is 88.9 Å². The van der Waals surface area contributed by atoms with Gasteiger partial charge in [-0.1, -0.05) is 54.1 Å². The van der Waals surface area contributed by atoms with Crippen molar-refractivity contribution >= 4 is 52.5 Å². The standard InChI is InChI=1S/C34H36ClN3O5S/c1-3-43-24-14-12-22(13-15-24)36-31(40)27-26-16-17-34(44-26)28(27)33(42)38(23(19-39)18-21-9-5-4-6-10-21)30(34)32(41)37-29-20(2)8-7-11-25(29)35/h4-15,23,26-28,30,39H,3,16-19H2,1-2H3,(H,36,40)(H,37,41)/t23-,26+,27-,28+,30?,34?/m1/s1. The van der Waals surface area contributed by atoms with Gasteiger partial charge in [-0.05, 0) is 74.6 Å². The van der Waals surface area contributed by atoms with E-state index in [1.807, 2.05) is 56.3 Å². The Balaban J connectivity index is 1.35. The zero-order chi connectivity index (χ0) is 31.0. The lowest BCUT2D eigenvalue weighted by Gasteiger charge is -2.37. The summed E-state index contributed by atoms with van der Waals surface area (Å²) in [6.07, 6.45) is 1.70. The number of carbonyl (C=O) groups excluding carboxylic acids is 3. The highest BCUT2D eigenvalue weighted by Gasteiger charge is 2.74. The Kier molecular flexibility index (Phi) is 8.64. The first-order valence-electron chi connectivity index (χ1n) is 15.0. The van der Waals surface area contributed by atoms with Gasteiger partial charge in [-0.25, -0.2) is 0 Å². The van der Waals surface area contributed by atoms with E-state index in [0.717, 1.165) is 11.1 Å². The topological polar surface area (TPSA) is 108 Å². The molecular weight excluding hydrogens is 598 g/mol. The van der Waals surface area contributed by atoms with Crippen LogP contribution < -0.4 is 15.4 Å². The Hall–Kier alpha value is -3.53. The van der Waals surface area contributed by atoms with Gasteiger partial charge in [0.05, 0.1) is 46.5 Å². The summed E-state index contributed by atoms with van der Waals surface area (Å²) in [6.45, 7) is 3.99. The zero-order valence-electron chi connectivity index (χ0n) is 24.7. The lowest BCUT2D eigenvalue weighted by molar-refractivity contribution is -0.141. The smallest absolute Gasteiger partial charge is 0.248 e. The number of thioether (sulfide) groups is 1. The van der Waals surface area contributed by atoms with E-state index >= 15 is 0 Å². The number of rotatable bonds is 10. The van der Waals surface area contributed by atoms with Crippen LogP contribution in [0, 0.1) is 18.8 Å². The molecular formula is C34H36ClN3O5S. The first-order valence-corrected chi connectivity index (χ1v) is 16.3. The summed E-state index contributed by atoms with van der Waals surface area (Å²) in [5.74, 6) is -1.48. The van der Waals surface area contributed by atoms with Gasteiger partial charge in [0.2, 0.25) is 17.7 Å². The minimum Gasteiger partial charge on any atom is -0.494 e. The molecule has 0 aromatic heterocycles. The lowest BCUT2D eigenvalue weighted by atomic mass is 9.70. The monoisotopic (exact) mass is 633 g/mol. The predicted octanol–water partition coefficient (Wildman–Crippen LogP) is 5.32. The number of aryl methyl sites for hydroxylation is 1. The normalized spacial score (nSPS) is 25.9. The highest BCUT2D eigenvalue weighted by atomic mass is 35.5. The number of nitrogens with one attached hydrogen (secondary N) is 2. The zero-order valence-corrected chi connectivity index (χ0v) is 26.2. The number of likely N-dealkylation sites (tertiary alicyclic amines) is 1. The number of aliphatic hydroxyl groups is 1. The molecule has 3 amide bonds. The van der Waals surface area contributed by atoms with Gasteiger partial charge in [0.1, 0.15) is 11.8 Å². The number of amides is 3. The van der Waals surface area contributed by atoms with Crippen molar-refractivity contribution in [2.45, 2.75) is 55.2 Å². The van der Waals surface area contributed by atoms with Gasteiger partial charge in [-0.2, -0.15) is 0 Å². The van der Waals surface area contributed by atoms with Crippen molar-refractivity contribution < 1.29 is 24.2 Å². The number of nitrogens with zero attached hydrogens (tertiary/aromatic N) is 1. The molecule has 3 saturated heterocycles. The molecule has 10 heteroatoms. The second-order valence-corrected chi connectivity index (χ2v) is 13.7. The molecule has 0 saturated carbocycles. The molecule has 6 rings (SSSR count). The lowest BCUT2D eigenvalue weighted by Crippen LogP contribution is -2.55. The molecule has 6 atom stereocenters. The van der Waals surface area contributed by atoms with E-state index in [1.165, 1.54) is 0 Å². The molecule has 0 aliphatic carbocycles. The van der Waals surface area contributed by atoms with Crippen LogP contribution in [0.1, 0.15) is 30.9 Å². The highest BCUT2D eigenvalue weighted by Crippen LogP contribution is 2.66. The van der Waals surface area contributed by atoms with Crippen molar-refractivity contribution in [3.63, 3.8) is 0 Å². The van der Waals surface area contributed by atoms with Crippen molar-refractivity contribution in [2.24, 2.45) is 11.8 Å². The molecule has 3 aromatic rings. The highest BCUT2D eigenvalue weighted by molar-refractivity contribution is 8.02. The molecule has 3 aliphatic rings. The van der Waals surface area contributed by atoms with Gasteiger partial charge < -0.3 is 25.4 Å². The van der Waals surface area contributed by atoms with E-state index in [9.17, 15) is 19.5 Å². The summed E-state index contributed by atoms with van der Waals surface area (Å²) in [5.41, 5.74) is 2.85. The van der Waals surface area contributed by atoms with E-state index in [0.29, 0.717) is 48.0 Å². The first-order chi connectivity index (χ1) is 21.3. The van der Waals surface area contributed by atoms with Gasteiger partial charge in [0, 0.05) is 10.9 Å². The second-order valence-electron chi connectivity index (χ2n) is 11.7. The van der Waals surface area contributed by atoms with Crippen LogP contribution in [0.25, 0.3) is 0 Å². The molecule has 230 valence electrons. The number of hydrogen-bond donors (Lipinski definition) is 3. The average molecular weight is 634 g/mol. The molecule has 0 radical (unpaired) electrons. The SMILES string of the molecule is CCOc1ccc(NC(=O)[C@@H]2[C@@H]3CCC4(S3)C(C(=O)Nc3c(C)cccc3Cl)N([C@@H](CO)Cc3ccccc3)C(=O)[C@H]24)cc1. The number of benzene rings is 3. The van der Waals surface area contributed by atoms with Gasteiger partial charge in [0.15, 0.2) is 0 Å². The molecule has 2 unspecified atom stereocenters. The molecule has 2 bridgehead atoms. The van der Waals surface area contributed by atoms with Gasteiger partial charge in [0.25, 0.3) is 0 Å². The molecule has 3 aromatic carbocycles. The van der Waals surface area contributed by atoms with Crippen LogP contribution in [0.4, 0.5) is 11.4 Å². The quantitative estimate of drug-likeness (QED) is 0.279. The third kappa shape index (κ3) is 5.35. The number of fused-ring (bicyclic) bond motifs is 1. The predicted molar refractivity (Wildman–Crippen MR) is 173 cm³/mol. The first kappa shape index (κ1) is 30.5. The van der Waals surface area contributed by atoms with Gasteiger partial charge >= 0.3 is 0 Å². The third-order valence-electron chi connectivity index (χ3n) is 9.11. The van der Waals surface area contributed by atoms with Crippen molar-refractivity contribution in [1.29, 1.82) is 0 Å². The van der Waals surface area contributed by atoms with E-state index < -0.39 is 28.7 Å². The summed E-state index contributed by atoms with van der Waals surface area (Å²) >= 11 is 8.08. The molecule has 8 nitrogen and oxygen atoms in total. The van der Waals surface area contributed by atoms with Gasteiger partial charge in [-0.15, -0.1) is 11.8 Å². The summed E-state index contributed by atoms with van der Waals surface area (Å²) in [5, 5.41) is 17.0. The average Bonchev–Trinajstić information content (AvgIpc) is 3.67. The molecule has 3 fully saturated rings. The number of hydrogen-bond acceptors (Lipinski definition) is 6. The minimum atomic E-state index is -0.894. The van der Waals surface area contributed by atoms with Crippen LogP contribution in [-0.2, 0) is 20.8 Å². The number of aliphatic hydroxyl groups excluding tert-OH is 1. The fraction of sp³-hybridized carbons (Fsp3) is 0.382. The number of ether oxygens (including phenoxy) is 1. The maximum Gasteiger partial charge on any atom is 0.248 e. The van der Waals surface area contributed by atoms with Crippen LogP contribution in [-0.4, -0.2) is 63.0 Å². The third-order valence-corrected chi connectivity index (χ3v) is 11.4. The van der Waals surface area contributed by atoms with Crippen LogP contribution in [0.3, 0.4) is 0 Å². The van der Waals surface area contributed by atoms with E-state index in [4.69, 9.17) is 16.3 Å². The summed E-state index contributed by atoms with van der Waals surface area (Å²) < 4.78 is 4.71. The van der Waals surface area contributed by atoms with Crippen molar-refractivity contribution in [1.82, 2.24) is 4.90 Å². The number of anilines is 2. The van der Waals surface area contributed by atoms with Crippen molar-refractivity contribution in [3.8, 4) is 5.75 Å². The number of carbonyl (C=O) groups is 3. The molecule has 44 heavy (non-hydrogen) atoms. The van der Waals surface area contributed by atoms with E-state index in [2.05, 4.69) is 10.6 Å². The van der Waals surface area contributed by atoms with Crippen LogP contribution in [0.5, 0.6) is 5.75 Å². The summed E-state index contributed by atoms with van der Waals surface area (Å²) in [4.78, 5) is 44.4. The van der Waals surface area contributed by atoms with Crippen LogP contribution in [0.2, 0.25) is 5.02 Å². The van der Waals surface area contributed by atoms with E-state index in [-0.39, 0.29) is 29.6 Å². The Morgan fingerprint density at radius 3 is 2.50 bits per heavy atom. The fourth-order valence-corrected chi connectivity index (χ4v) is 9.70. The largest absolute Gasteiger partial charge is 0.494 e. The molecule has 3 aliphatic heterocycles. The maximum atomic E-state index is 14.5. The van der Waals surface area contributed by atoms with Gasteiger partial charge in [-0.3, -0.25) is 14.4 Å². The fourth-order valence-electron chi connectivity index (χ4n) is 7.23. The van der Waals surface area contributed by atoms with Crippen molar-refractivity contribution in [2.75, 3.05) is 23.8 Å². The second kappa shape index (κ2) is 12.5. The summed E-state index contributed by atoms with van der Waals surface area (Å²) in [7, 11) is 0. The summed E-state index contributed by atoms with van der Waals surface area (Å²) in [6, 6.07) is 20.6. The van der Waals surface area contributed by atoms with Crippen LogP contribution >= 0.6 is 23.4 Å². The molecule has 3 heterocycles. The number of para-hydroxylation sites is 1. The molecule has 3 N–H and O–H groups in total. The maximum absolute atomic E-state index is 14.5. The van der Waals surface area contributed by atoms with E-state index in [1.54, 1.807) is 47.0 Å². The van der Waals surface area contributed by atoms with Crippen LogP contribution in [0.15, 0.2) is 72.8 Å². The Bertz CT molecular complexity index is 1530. The Morgan fingerprint density at radius 2 is 1.82 bits per heavy atom. The minimum absolute atomic E-state index is 0.104. The Labute approximate surface area is 266 Å². The Morgan fingerprint density at radius 1 is 1.07 bits per heavy atom.